The minimum Gasteiger partial charge on any atom is -0.280 e. The lowest BCUT2D eigenvalue weighted by Crippen LogP contribution is -2.35. The summed E-state index contributed by atoms with van der Waals surface area (Å²) >= 11 is 0. The maximum Gasteiger partial charge on any atom is 0.261 e. The van der Waals surface area contributed by atoms with Crippen LogP contribution < -0.4 is 4.72 Å². The van der Waals surface area contributed by atoms with Gasteiger partial charge in [0.05, 0.1) is 11.2 Å². The van der Waals surface area contributed by atoms with E-state index >= 15 is 0 Å². The van der Waals surface area contributed by atoms with Crippen molar-refractivity contribution in [1.29, 1.82) is 0 Å². The van der Waals surface area contributed by atoms with Gasteiger partial charge >= 0.3 is 0 Å². The number of nitrogens with zero attached hydrogens (tertiary/aromatic N) is 1. The summed E-state index contributed by atoms with van der Waals surface area (Å²) in [6, 6.07) is 17.8. The zero-order chi connectivity index (χ0) is 19.9. The van der Waals surface area contributed by atoms with Gasteiger partial charge in [-0.25, -0.2) is 16.8 Å². The third kappa shape index (κ3) is 3.76. The Morgan fingerprint density at radius 2 is 1.61 bits per heavy atom. The molecule has 3 aromatic rings. The van der Waals surface area contributed by atoms with Gasteiger partial charge < -0.3 is 0 Å². The SMILES string of the molecule is CS(=O)(=O)N1CCc2ccc(NS(=O)(=O)c3ccc4ccccc4c3)cc2C1. The number of fused-ring (bicyclic) bond motifs is 2. The summed E-state index contributed by atoms with van der Waals surface area (Å²) in [6.07, 6.45) is 1.80. The molecular formula is C20H20N2O4S2. The average Bonchev–Trinajstić information content (AvgIpc) is 2.66. The molecule has 1 aliphatic heterocycles. The number of rotatable bonds is 4. The van der Waals surface area contributed by atoms with Crippen LogP contribution in [0, 0.1) is 0 Å². The van der Waals surface area contributed by atoms with Crippen LogP contribution in [0.3, 0.4) is 0 Å². The summed E-state index contributed by atoms with van der Waals surface area (Å²) in [6.45, 7) is 0.688. The van der Waals surface area contributed by atoms with Crippen molar-refractivity contribution in [3.8, 4) is 0 Å². The molecule has 4 rings (SSSR count). The van der Waals surface area contributed by atoms with Crippen LogP contribution in [0.5, 0.6) is 0 Å². The fourth-order valence-electron chi connectivity index (χ4n) is 3.43. The van der Waals surface area contributed by atoms with E-state index in [1.807, 2.05) is 30.3 Å². The van der Waals surface area contributed by atoms with Crippen LogP contribution in [0.25, 0.3) is 10.8 Å². The first kappa shape index (κ1) is 18.9. The van der Waals surface area contributed by atoms with Crippen molar-refractivity contribution >= 4 is 36.5 Å². The lowest BCUT2D eigenvalue weighted by molar-refractivity contribution is 0.395. The molecule has 6 nitrogen and oxygen atoms in total. The predicted octanol–water partition coefficient (Wildman–Crippen LogP) is 2.96. The van der Waals surface area contributed by atoms with Gasteiger partial charge in [0.25, 0.3) is 10.0 Å². The highest BCUT2D eigenvalue weighted by atomic mass is 32.2. The third-order valence-corrected chi connectivity index (χ3v) is 7.56. The molecule has 0 saturated carbocycles. The predicted molar refractivity (Wildman–Crippen MR) is 110 cm³/mol. The maximum absolute atomic E-state index is 12.8. The second-order valence-corrected chi connectivity index (χ2v) is 10.6. The van der Waals surface area contributed by atoms with Crippen LogP contribution in [-0.4, -0.2) is 33.9 Å². The number of sulfonamides is 2. The highest BCUT2D eigenvalue weighted by Gasteiger charge is 2.24. The van der Waals surface area contributed by atoms with Gasteiger partial charge in [-0.05, 0) is 52.6 Å². The summed E-state index contributed by atoms with van der Waals surface area (Å²) < 4.78 is 53.3. The smallest absolute Gasteiger partial charge is 0.261 e. The second-order valence-electron chi connectivity index (χ2n) is 6.94. The Balaban J connectivity index is 1.63. The summed E-state index contributed by atoms with van der Waals surface area (Å²) in [5.74, 6) is 0. The molecule has 1 heterocycles. The van der Waals surface area contributed by atoms with E-state index in [1.165, 1.54) is 10.6 Å². The minimum absolute atomic E-state index is 0.182. The standard InChI is InChI=1S/C20H20N2O4S2/c1-27(23,24)22-11-10-16-6-8-19(12-18(16)14-22)21-28(25,26)20-9-7-15-4-2-3-5-17(15)13-20/h2-9,12-13,21H,10-11,14H2,1H3. The van der Waals surface area contributed by atoms with E-state index in [0.717, 1.165) is 21.9 Å². The van der Waals surface area contributed by atoms with E-state index in [0.29, 0.717) is 18.7 Å². The Morgan fingerprint density at radius 1 is 0.857 bits per heavy atom. The minimum atomic E-state index is -3.76. The van der Waals surface area contributed by atoms with Crippen LogP contribution >= 0.6 is 0 Å². The van der Waals surface area contributed by atoms with Crippen molar-refractivity contribution in [3.05, 3.63) is 71.8 Å². The summed E-state index contributed by atoms with van der Waals surface area (Å²) in [7, 11) is -7.04. The van der Waals surface area contributed by atoms with E-state index in [1.54, 1.807) is 30.3 Å². The number of anilines is 1. The van der Waals surface area contributed by atoms with E-state index in [4.69, 9.17) is 0 Å². The molecule has 0 saturated heterocycles. The molecular weight excluding hydrogens is 396 g/mol. The molecule has 1 aliphatic rings. The highest BCUT2D eigenvalue weighted by Crippen LogP contribution is 2.26. The Hall–Kier alpha value is -2.42. The molecule has 8 heteroatoms. The molecule has 0 amide bonds. The summed E-state index contributed by atoms with van der Waals surface area (Å²) in [5, 5.41) is 1.82. The number of hydrogen-bond acceptors (Lipinski definition) is 4. The van der Waals surface area contributed by atoms with Crippen molar-refractivity contribution in [2.75, 3.05) is 17.5 Å². The Morgan fingerprint density at radius 3 is 2.36 bits per heavy atom. The Kier molecular flexibility index (Phi) is 4.65. The van der Waals surface area contributed by atoms with Crippen LogP contribution in [0.4, 0.5) is 5.69 Å². The zero-order valence-electron chi connectivity index (χ0n) is 15.3. The molecule has 0 bridgehead atoms. The third-order valence-electron chi connectivity index (χ3n) is 4.94. The molecule has 1 N–H and O–H groups in total. The highest BCUT2D eigenvalue weighted by molar-refractivity contribution is 7.92. The molecule has 0 fully saturated rings. The number of benzene rings is 3. The van der Waals surface area contributed by atoms with Crippen molar-refractivity contribution in [1.82, 2.24) is 4.31 Å². The van der Waals surface area contributed by atoms with Crippen molar-refractivity contribution in [2.24, 2.45) is 0 Å². The van der Waals surface area contributed by atoms with Gasteiger partial charge in [0, 0.05) is 18.8 Å². The van der Waals surface area contributed by atoms with E-state index in [2.05, 4.69) is 4.72 Å². The van der Waals surface area contributed by atoms with Gasteiger partial charge in [-0.2, -0.15) is 4.31 Å². The summed E-state index contributed by atoms with van der Waals surface area (Å²) in [4.78, 5) is 0.182. The van der Waals surface area contributed by atoms with Gasteiger partial charge in [-0.1, -0.05) is 36.4 Å². The monoisotopic (exact) mass is 416 g/mol. The maximum atomic E-state index is 12.8. The van der Waals surface area contributed by atoms with Crippen molar-refractivity contribution in [2.45, 2.75) is 17.9 Å². The van der Waals surface area contributed by atoms with Crippen molar-refractivity contribution in [3.63, 3.8) is 0 Å². The van der Waals surface area contributed by atoms with E-state index < -0.39 is 20.0 Å². The van der Waals surface area contributed by atoms with Crippen LogP contribution in [0.15, 0.2) is 65.6 Å². The second kappa shape index (κ2) is 6.88. The molecule has 0 radical (unpaired) electrons. The fraction of sp³-hybridized carbons (Fsp3) is 0.200. The molecule has 0 atom stereocenters. The first-order valence-electron chi connectivity index (χ1n) is 8.81. The van der Waals surface area contributed by atoms with Gasteiger partial charge in [0.2, 0.25) is 10.0 Å². The fourth-order valence-corrected chi connectivity index (χ4v) is 5.31. The number of hydrogen-bond donors (Lipinski definition) is 1. The van der Waals surface area contributed by atoms with Gasteiger partial charge in [-0.15, -0.1) is 0 Å². The van der Waals surface area contributed by atoms with E-state index in [-0.39, 0.29) is 11.4 Å². The molecule has 0 aliphatic carbocycles. The first-order valence-corrected chi connectivity index (χ1v) is 12.1. The average molecular weight is 417 g/mol. The number of nitrogens with one attached hydrogen (secondary N) is 1. The molecule has 3 aromatic carbocycles. The normalized spacial score (nSPS) is 15.3. The van der Waals surface area contributed by atoms with Gasteiger partial charge in [0.1, 0.15) is 0 Å². The summed E-state index contributed by atoms with van der Waals surface area (Å²) in [5.41, 5.74) is 2.27. The van der Waals surface area contributed by atoms with E-state index in [9.17, 15) is 16.8 Å². The quantitative estimate of drug-likeness (QED) is 0.709. The molecule has 0 aromatic heterocycles. The van der Waals surface area contributed by atoms with Crippen LogP contribution in [0.1, 0.15) is 11.1 Å². The lowest BCUT2D eigenvalue weighted by Gasteiger charge is -2.27. The van der Waals surface area contributed by atoms with Crippen LogP contribution in [0.2, 0.25) is 0 Å². The Labute approximate surface area is 164 Å². The van der Waals surface area contributed by atoms with Crippen LogP contribution in [-0.2, 0) is 33.0 Å². The Bertz CT molecular complexity index is 1270. The molecule has 28 heavy (non-hydrogen) atoms. The first-order chi connectivity index (χ1) is 13.2. The lowest BCUT2D eigenvalue weighted by atomic mass is 10.0. The largest absolute Gasteiger partial charge is 0.280 e. The molecule has 0 unspecified atom stereocenters. The molecule has 0 spiro atoms. The zero-order valence-corrected chi connectivity index (χ0v) is 16.9. The van der Waals surface area contributed by atoms with Gasteiger partial charge in [0.15, 0.2) is 0 Å². The van der Waals surface area contributed by atoms with Gasteiger partial charge in [-0.3, -0.25) is 4.72 Å². The topological polar surface area (TPSA) is 83.6 Å². The molecule has 146 valence electrons. The van der Waals surface area contributed by atoms with Crippen molar-refractivity contribution < 1.29 is 16.8 Å².